The molecule has 404 valence electrons. The number of esters is 3. The Morgan fingerprint density at radius 1 is 0.744 bits per heavy atom. The lowest BCUT2D eigenvalue weighted by atomic mass is 9.64. The molecule has 5 aliphatic rings. The summed E-state index contributed by atoms with van der Waals surface area (Å²) in [6.45, 7) is 1.51. The summed E-state index contributed by atoms with van der Waals surface area (Å²) >= 11 is 0. The van der Waals surface area contributed by atoms with Gasteiger partial charge in [0.15, 0.2) is 17.4 Å². The number of morpholine rings is 1. The first-order valence-electron chi connectivity index (χ1n) is 25.6. The smallest absolute Gasteiger partial charge is 0.421 e. The van der Waals surface area contributed by atoms with Crippen LogP contribution in [-0.2, 0) is 59.6 Å². The number of carbonyl (C=O) groups is 6. The number of ether oxygens (including phenoxy) is 8. The molecule has 78 heavy (non-hydrogen) atoms. The van der Waals surface area contributed by atoms with Gasteiger partial charge in [-0.05, 0) is 70.3 Å². The molecule has 6 atom stereocenters. The molecule has 1 N–H and O–H groups in total. The summed E-state index contributed by atoms with van der Waals surface area (Å²) in [6.07, 6.45) is -2.31. The number of fused-ring (bicyclic) bond motifs is 4. The number of imide groups is 1. The van der Waals surface area contributed by atoms with E-state index in [1.165, 1.54) is 13.2 Å². The lowest BCUT2D eigenvalue weighted by molar-refractivity contribution is -0.179. The Labute approximate surface area is 450 Å². The molecule has 3 amide bonds. The standard InChI is InChI=1S/C59H58N4O15/c1-71-31-32-75-58(70)62-45-23-17-37(11-10-16-43(54(66)72-2)55(67)73-3)33-44(45)59(57(62)69)48(53(65)61-27-25-60(26-28-61)35-38-18-24-46-47(34-38)77-36-76-46)50-56(68)78-51(40-14-8-5-9-15-40)49(39-12-6-4-7-13-39)63(50)52(59)41-19-21-42(22-20-41)74-30-29-64/h4-9,12-15,17-24,33-34,43,48-52,64H,16,25-32,35-36H2,1-3H3/t48-,49-,50-,51+,52+,59-/m0/s1. The number of anilines is 1. The molecule has 19 heteroatoms. The van der Waals surface area contributed by atoms with E-state index in [4.69, 9.17) is 37.9 Å². The molecule has 0 saturated carbocycles. The topological polar surface area (TPSA) is 209 Å². The normalized spacial score (nSPS) is 22.3. The van der Waals surface area contributed by atoms with Crippen molar-refractivity contribution in [2.75, 3.05) is 85.6 Å². The Balaban J connectivity index is 1.18. The SMILES string of the molecule is COCCOC(=O)N1C(=O)[C@@]2(c3cc(C#CCC(C(=O)OC)C(=O)OC)ccc31)[C@H](C(=O)N1CCN(Cc3ccc4c(c3)OCO4)CC1)[C@H]1C(=O)O[C@H](c3ccccc3)[C@H](c3ccccc3)N1[C@@H]2c1ccc(OCCO)cc1. The number of rotatable bonds is 15. The van der Waals surface area contributed by atoms with Gasteiger partial charge in [-0.1, -0.05) is 90.7 Å². The minimum absolute atomic E-state index is 0.00204. The monoisotopic (exact) mass is 1060 g/mol. The molecule has 0 aliphatic carbocycles. The number of aliphatic hydroxyl groups excluding tert-OH is 1. The summed E-state index contributed by atoms with van der Waals surface area (Å²) in [4.78, 5) is 95.7. The van der Waals surface area contributed by atoms with Crippen LogP contribution in [0.2, 0.25) is 0 Å². The second-order valence-corrected chi connectivity index (χ2v) is 19.3. The van der Waals surface area contributed by atoms with Crippen LogP contribution in [0.15, 0.2) is 121 Å². The van der Waals surface area contributed by atoms with Crippen molar-refractivity contribution in [3.8, 4) is 29.1 Å². The van der Waals surface area contributed by atoms with Gasteiger partial charge in [0.25, 0.3) is 0 Å². The van der Waals surface area contributed by atoms with E-state index in [1.807, 2.05) is 83.8 Å². The molecule has 0 radical (unpaired) electrons. The molecule has 3 fully saturated rings. The van der Waals surface area contributed by atoms with Crippen LogP contribution in [0.5, 0.6) is 17.2 Å². The first kappa shape index (κ1) is 53.1. The average Bonchev–Trinajstić information content (AvgIpc) is 4.32. The quantitative estimate of drug-likeness (QED) is 0.0465. The van der Waals surface area contributed by atoms with Crippen LogP contribution >= 0.6 is 0 Å². The highest BCUT2D eigenvalue weighted by atomic mass is 16.7. The minimum Gasteiger partial charge on any atom is -0.491 e. The third kappa shape index (κ3) is 9.88. The largest absolute Gasteiger partial charge is 0.491 e. The highest BCUT2D eigenvalue weighted by Gasteiger charge is 2.76. The van der Waals surface area contributed by atoms with Crippen LogP contribution in [0.3, 0.4) is 0 Å². The summed E-state index contributed by atoms with van der Waals surface area (Å²) in [6, 6.07) is 32.6. The van der Waals surface area contributed by atoms with Gasteiger partial charge < -0.3 is 47.9 Å². The van der Waals surface area contributed by atoms with Gasteiger partial charge in [0.05, 0.1) is 51.1 Å². The number of methoxy groups -OCH3 is 3. The van der Waals surface area contributed by atoms with E-state index in [0.717, 1.165) is 24.7 Å². The van der Waals surface area contributed by atoms with Crippen molar-refractivity contribution in [2.24, 2.45) is 11.8 Å². The Kier molecular flexibility index (Phi) is 15.8. The number of nitrogens with zero attached hydrogens (tertiary/aromatic N) is 4. The average molecular weight is 1060 g/mol. The second-order valence-electron chi connectivity index (χ2n) is 19.3. The van der Waals surface area contributed by atoms with Crippen molar-refractivity contribution >= 4 is 41.5 Å². The number of piperazine rings is 1. The second kappa shape index (κ2) is 23.1. The number of carbonyl (C=O) groups excluding carboxylic acids is 6. The minimum atomic E-state index is -2.13. The number of cyclic esters (lactones) is 1. The molecule has 5 heterocycles. The maximum absolute atomic E-state index is 16.7. The zero-order valence-corrected chi connectivity index (χ0v) is 43.2. The Hall–Kier alpha value is -8.28. The van der Waals surface area contributed by atoms with Gasteiger partial charge in [-0.2, -0.15) is 0 Å². The van der Waals surface area contributed by atoms with E-state index in [1.54, 1.807) is 41.3 Å². The number of hydrogen-bond acceptors (Lipinski definition) is 17. The van der Waals surface area contributed by atoms with E-state index in [0.29, 0.717) is 53.6 Å². The number of amides is 3. The first-order chi connectivity index (χ1) is 38.0. The van der Waals surface area contributed by atoms with Crippen molar-refractivity contribution in [3.05, 3.63) is 155 Å². The van der Waals surface area contributed by atoms with Crippen LogP contribution in [0.4, 0.5) is 10.5 Å². The molecule has 0 unspecified atom stereocenters. The van der Waals surface area contributed by atoms with Crippen LogP contribution in [0.25, 0.3) is 0 Å². The molecular weight excluding hydrogens is 1000 g/mol. The van der Waals surface area contributed by atoms with E-state index in [-0.39, 0.29) is 69.5 Å². The fourth-order valence-electron chi connectivity index (χ4n) is 11.6. The molecule has 19 nitrogen and oxygen atoms in total. The molecular formula is C59H58N4O15. The maximum Gasteiger partial charge on any atom is 0.421 e. The Morgan fingerprint density at radius 2 is 1.44 bits per heavy atom. The molecule has 3 saturated heterocycles. The van der Waals surface area contributed by atoms with Crippen molar-refractivity contribution in [1.82, 2.24) is 14.7 Å². The van der Waals surface area contributed by atoms with E-state index >= 15 is 14.4 Å². The molecule has 5 aliphatic heterocycles. The number of benzene rings is 5. The van der Waals surface area contributed by atoms with Gasteiger partial charge in [-0.25, -0.2) is 9.69 Å². The Morgan fingerprint density at radius 3 is 2.12 bits per heavy atom. The van der Waals surface area contributed by atoms with E-state index in [9.17, 15) is 19.5 Å². The van der Waals surface area contributed by atoms with Gasteiger partial charge in [0.2, 0.25) is 18.6 Å². The predicted molar refractivity (Wildman–Crippen MR) is 278 cm³/mol. The lowest BCUT2D eigenvalue weighted by Gasteiger charge is -2.46. The third-order valence-electron chi connectivity index (χ3n) is 15.0. The van der Waals surface area contributed by atoms with Crippen LogP contribution in [0, 0.1) is 23.7 Å². The summed E-state index contributed by atoms with van der Waals surface area (Å²) in [7, 11) is 3.74. The fourth-order valence-corrected chi connectivity index (χ4v) is 11.6. The van der Waals surface area contributed by atoms with Crippen molar-refractivity contribution in [3.63, 3.8) is 0 Å². The van der Waals surface area contributed by atoms with Crippen molar-refractivity contribution < 1.29 is 71.8 Å². The van der Waals surface area contributed by atoms with Crippen molar-refractivity contribution in [2.45, 2.75) is 42.6 Å². The predicted octanol–water partition coefficient (Wildman–Crippen LogP) is 5.28. The van der Waals surface area contributed by atoms with Crippen molar-refractivity contribution in [1.29, 1.82) is 0 Å². The van der Waals surface area contributed by atoms with Gasteiger partial charge in [-0.3, -0.25) is 33.8 Å². The van der Waals surface area contributed by atoms with Gasteiger partial charge in [-0.15, -0.1) is 0 Å². The number of aliphatic hydroxyl groups is 1. The summed E-state index contributed by atoms with van der Waals surface area (Å²) < 4.78 is 44.4. The highest BCUT2D eigenvalue weighted by molar-refractivity contribution is 6.23. The Bertz CT molecular complexity index is 3110. The van der Waals surface area contributed by atoms with Crippen LogP contribution < -0.4 is 19.1 Å². The molecule has 0 aromatic heterocycles. The molecule has 5 aromatic rings. The molecule has 1 spiro atoms. The van der Waals surface area contributed by atoms with Crippen LogP contribution in [0.1, 0.15) is 58.0 Å². The number of hydrogen-bond donors (Lipinski definition) is 1. The molecule has 5 aromatic carbocycles. The van der Waals surface area contributed by atoms with Gasteiger partial charge >= 0.3 is 24.0 Å². The molecule has 10 rings (SSSR count). The summed E-state index contributed by atoms with van der Waals surface area (Å²) in [5, 5.41) is 9.68. The van der Waals surface area contributed by atoms with E-state index in [2.05, 4.69) is 16.7 Å². The zero-order chi connectivity index (χ0) is 54.5. The first-order valence-corrected chi connectivity index (χ1v) is 25.6. The maximum atomic E-state index is 16.7. The van der Waals surface area contributed by atoms with E-state index < -0.39 is 77.3 Å². The lowest BCUT2D eigenvalue weighted by Crippen LogP contribution is -2.59. The van der Waals surface area contributed by atoms with Gasteiger partial charge in [0.1, 0.15) is 36.5 Å². The third-order valence-corrected chi connectivity index (χ3v) is 15.0. The summed E-state index contributed by atoms with van der Waals surface area (Å²) in [5.41, 5.74) is 1.26. The molecule has 0 bridgehead atoms. The zero-order valence-electron chi connectivity index (χ0n) is 43.2. The van der Waals surface area contributed by atoms with Crippen LogP contribution in [-0.4, -0.2) is 142 Å². The summed E-state index contributed by atoms with van der Waals surface area (Å²) in [5.74, 6) is 0.920. The fraction of sp³-hybridized carbons (Fsp3) is 0.356. The highest BCUT2D eigenvalue weighted by Crippen LogP contribution is 2.66. The van der Waals surface area contributed by atoms with Gasteiger partial charge in [0, 0.05) is 51.8 Å².